The molecule has 4 nitrogen and oxygen atoms in total. The maximum absolute atomic E-state index is 12.5. The number of benzene rings is 2. The Balaban J connectivity index is 1.73. The lowest BCUT2D eigenvalue weighted by Crippen LogP contribution is -2.31. The van der Waals surface area contributed by atoms with E-state index < -0.39 is 0 Å². The third-order valence-corrected chi connectivity index (χ3v) is 4.05. The highest BCUT2D eigenvalue weighted by Crippen LogP contribution is 2.36. The Kier molecular flexibility index (Phi) is 4.42. The lowest BCUT2D eigenvalue weighted by atomic mass is 10.0. The molecule has 23 heavy (non-hydrogen) atoms. The van der Waals surface area contributed by atoms with Gasteiger partial charge in [0.2, 0.25) is 0 Å². The van der Waals surface area contributed by atoms with Gasteiger partial charge in [0.15, 0.2) is 0 Å². The highest BCUT2D eigenvalue weighted by molar-refractivity contribution is 5.78. The van der Waals surface area contributed by atoms with Gasteiger partial charge in [-0.05, 0) is 23.6 Å². The molecule has 2 aromatic rings. The summed E-state index contributed by atoms with van der Waals surface area (Å²) in [5.41, 5.74) is 3.07. The maximum Gasteiger partial charge on any atom is 0.410 e. The topological polar surface area (TPSA) is 46.6 Å². The Hall–Kier alpha value is -2.62. The van der Waals surface area contributed by atoms with E-state index in [2.05, 4.69) is 0 Å². The second kappa shape index (κ2) is 6.65. The van der Waals surface area contributed by atoms with Crippen molar-refractivity contribution >= 4 is 11.9 Å². The summed E-state index contributed by atoms with van der Waals surface area (Å²) in [6.45, 7) is 2.27. The number of amides is 1. The van der Waals surface area contributed by atoms with Gasteiger partial charge in [0, 0.05) is 13.0 Å². The van der Waals surface area contributed by atoms with Gasteiger partial charge >= 0.3 is 6.09 Å². The molecule has 1 aliphatic heterocycles. The molecule has 3 rings (SSSR count). The summed E-state index contributed by atoms with van der Waals surface area (Å²) in [7, 11) is 0. The summed E-state index contributed by atoms with van der Waals surface area (Å²) in [5, 5.41) is 0. The Bertz CT molecular complexity index is 712. The minimum atomic E-state index is -0.378. The van der Waals surface area contributed by atoms with E-state index in [9.17, 15) is 9.59 Å². The summed E-state index contributed by atoms with van der Waals surface area (Å²) in [4.78, 5) is 25.7. The normalized spacial score (nSPS) is 16.0. The van der Waals surface area contributed by atoms with E-state index >= 15 is 0 Å². The van der Waals surface area contributed by atoms with Crippen molar-refractivity contribution in [2.45, 2.75) is 32.5 Å². The van der Waals surface area contributed by atoms with Gasteiger partial charge < -0.3 is 4.74 Å². The fraction of sp³-hybridized carbons (Fsp3) is 0.263. The molecule has 0 fully saturated rings. The minimum Gasteiger partial charge on any atom is -0.445 e. The first-order valence-electron chi connectivity index (χ1n) is 7.69. The van der Waals surface area contributed by atoms with Crippen LogP contribution in [-0.2, 0) is 22.7 Å². The van der Waals surface area contributed by atoms with Crippen LogP contribution in [0.4, 0.5) is 4.79 Å². The van der Waals surface area contributed by atoms with Crippen molar-refractivity contribution in [3.05, 3.63) is 71.3 Å². The number of hydrogen-bond donors (Lipinski definition) is 0. The van der Waals surface area contributed by atoms with Crippen LogP contribution in [-0.4, -0.2) is 16.8 Å². The monoisotopic (exact) mass is 309 g/mol. The van der Waals surface area contributed by atoms with Crippen LogP contribution in [0.1, 0.15) is 36.1 Å². The van der Waals surface area contributed by atoms with Crippen LogP contribution in [0.5, 0.6) is 0 Å². The van der Waals surface area contributed by atoms with E-state index in [1.54, 1.807) is 11.8 Å². The van der Waals surface area contributed by atoms with Crippen LogP contribution in [0.3, 0.4) is 0 Å². The molecule has 0 unspecified atom stereocenters. The molecule has 0 N–H and O–H groups in total. The summed E-state index contributed by atoms with van der Waals surface area (Å²) >= 11 is 0. The van der Waals surface area contributed by atoms with Gasteiger partial charge in [0.05, 0.1) is 6.04 Å². The van der Waals surface area contributed by atoms with Gasteiger partial charge in [0.25, 0.3) is 0 Å². The minimum absolute atomic E-state index is 0.0626. The predicted molar refractivity (Wildman–Crippen MR) is 86.7 cm³/mol. The second-order valence-corrected chi connectivity index (χ2v) is 5.79. The van der Waals surface area contributed by atoms with E-state index in [1.165, 1.54) is 0 Å². The van der Waals surface area contributed by atoms with E-state index in [-0.39, 0.29) is 24.5 Å². The number of ketones is 1. The molecule has 0 radical (unpaired) electrons. The third-order valence-electron chi connectivity index (χ3n) is 4.05. The molecule has 0 saturated carbocycles. The SMILES string of the molecule is CC(=O)C[C@H]1c2ccccc2CN1C(=O)OCc1ccccc1. The van der Waals surface area contributed by atoms with Crippen molar-refractivity contribution < 1.29 is 14.3 Å². The summed E-state index contributed by atoms with van der Waals surface area (Å²) in [5.74, 6) is 0.0626. The number of hydrogen-bond acceptors (Lipinski definition) is 3. The molecule has 2 aromatic carbocycles. The van der Waals surface area contributed by atoms with Crippen molar-refractivity contribution in [2.24, 2.45) is 0 Å². The van der Waals surface area contributed by atoms with E-state index in [0.29, 0.717) is 13.0 Å². The van der Waals surface area contributed by atoms with Crippen molar-refractivity contribution in [3.63, 3.8) is 0 Å². The van der Waals surface area contributed by atoms with Gasteiger partial charge in [-0.25, -0.2) is 4.79 Å². The number of carbonyl (C=O) groups excluding carboxylic acids is 2. The molecule has 1 atom stereocenters. The predicted octanol–water partition coefficient (Wildman–Crippen LogP) is 3.86. The van der Waals surface area contributed by atoms with Crippen molar-refractivity contribution in [2.75, 3.05) is 0 Å². The smallest absolute Gasteiger partial charge is 0.410 e. The average Bonchev–Trinajstić information content (AvgIpc) is 2.92. The molecule has 0 aromatic heterocycles. The van der Waals surface area contributed by atoms with Crippen molar-refractivity contribution in [1.29, 1.82) is 0 Å². The van der Waals surface area contributed by atoms with Gasteiger partial charge in [-0.3, -0.25) is 9.69 Å². The largest absolute Gasteiger partial charge is 0.445 e. The van der Waals surface area contributed by atoms with Crippen molar-refractivity contribution in [1.82, 2.24) is 4.90 Å². The number of ether oxygens (including phenoxy) is 1. The first-order chi connectivity index (χ1) is 11.1. The molecule has 1 amide bonds. The van der Waals surface area contributed by atoms with E-state index in [4.69, 9.17) is 4.74 Å². The highest BCUT2D eigenvalue weighted by atomic mass is 16.6. The lowest BCUT2D eigenvalue weighted by Gasteiger charge is -2.24. The zero-order valence-corrected chi connectivity index (χ0v) is 13.1. The van der Waals surface area contributed by atoms with Gasteiger partial charge in [-0.2, -0.15) is 0 Å². The molecular weight excluding hydrogens is 290 g/mol. The first kappa shape index (κ1) is 15.3. The molecule has 0 spiro atoms. The van der Waals surface area contributed by atoms with Crippen LogP contribution in [0.2, 0.25) is 0 Å². The molecule has 0 saturated heterocycles. The Morgan fingerprint density at radius 3 is 2.52 bits per heavy atom. The lowest BCUT2D eigenvalue weighted by molar-refractivity contribution is -0.118. The molecular formula is C19H19NO3. The van der Waals surface area contributed by atoms with E-state index in [1.807, 2.05) is 54.6 Å². The summed E-state index contributed by atoms with van der Waals surface area (Å²) in [6.07, 6.45) is -0.0615. The number of Topliss-reactive ketones (excluding diaryl/α,β-unsaturated/α-hetero) is 1. The molecule has 0 aliphatic carbocycles. The fourth-order valence-corrected chi connectivity index (χ4v) is 2.95. The second-order valence-electron chi connectivity index (χ2n) is 5.79. The Morgan fingerprint density at radius 2 is 1.78 bits per heavy atom. The Labute approximate surface area is 135 Å². The van der Waals surface area contributed by atoms with Crippen LogP contribution in [0, 0.1) is 0 Å². The number of rotatable bonds is 4. The zero-order valence-electron chi connectivity index (χ0n) is 13.1. The molecule has 118 valence electrons. The van der Waals surface area contributed by atoms with Crippen LogP contribution in [0.15, 0.2) is 54.6 Å². The van der Waals surface area contributed by atoms with Gasteiger partial charge in [0.1, 0.15) is 12.4 Å². The summed E-state index contributed by atoms with van der Waals surface area (Å²) in [6, 6.07) is 17.2. The average molecular weight is 309 g/mol. The van der Waals surface area contributed by atoms with Gasteiger partial charge in [-0.15, -0.1) is 0 Å². The quantitative estimate of drug-likeness (QED) is 0.861. The number of fused-ring (bicyclic) bond motifs is 1. The Morgan fingerprint density at radius 1 is 1.09 bits per heavy atom. The molecule has 1 heterocycles. The fourth-order valence-electron chi connectivity index (χ4n) is 2.95. The van der Waals surface area contributed by atoms with Gasteiger partial charge in [-0.1, -0.05) is 54.6 Å². The van der Waals surface area contributed by atoms with Crippen LogP contribution < -0.4 is 0 Å². The molecule has 1 aliphatic rings. The summed E-state index contributed by atoms with van der Waals surface area (Å²) < 4.78 is 5.43. The maximum atomic E-state index is 12.5. The van der Waals surface area contributed by atoms with Crippen LogP contribution in [0.25, 0.3) is 0 Å². The highest BCUT2D eigenvalue weighted by Gasteiger charge is 2.34. The number of nitrogens with zero attached hydrogens (tertiary/aromatic N) is 1. The zero-order chi connectivity index (χ0) is 16.2. The molecule has 0 bridgehead atoms. The first-order valence-corrected chi connectivity index (χ1v) is 7.69. The van der Waals surface area contributed by atoms with Crippen molar-refractivity contribution in [3.8, 4) is 0 Å². The number of carbonyl (C=O) groups is 2. The van der Waals surface area contributed by atoms with Crippen LogP contribution >= 0.6 is 0 Å². The standard InChI is InChI=1S/C19H19NO3/c1-14(21)11-18-17-10-6-5-9-16(17)12-20(18)19(22)23-13-15-7-3-2-4-8-15/h2-10,18H,11-13H2,1H3/t18-/m0/s1. The third kappa shape index (κ3) is 3.42. The molecule has 4 heteroatoms. The van der Waals surface area contributed by atoms with E-state index in [0.717, 1.165) is 16.7 Å².